The minimum Gasteiger partial charge on any atom is -0.497 e. The summed E-state index contributed by atoms with van der Waals surface area (Å²) in [4.78, 5) is 0. The molecule has 4 aromatic carbocycles. The zero-order valence-electron chi connectivity index (χ0n) is 24.2. The quantitative estimate of drug-likeness (QED) is 0.211. The van der Waals surface area contributed by atoms with Crippen LogP contribution in [0.3, 0.4) is 0 Å². The lowest BCUT2D eigenvalue weighted by molar-refractivity contribution is -0.151. The Kier molecular flexibility index (Phi) is 9.89. The number of ether oxygens (including phenoxy) is 6. The second kappa shape index (κ2) is 14.0. The van der Waals surface area contributed by atoms with Crippen molar-refractivity contribution in [1.29, 1.82) is 0 Å². The summed E-state index contributed by atoms with van der Waals surface area (Å²) < 4.78 is 36.3. The topological polar surface area (TPSA) is 75.6 Å². The molecule has 0 saturated carbocycles. The van der Waals surface area contributed by atoms with E-state index in [0.29, 0.717) is 6.61 Å². The van der Waals surface area contributed by atoms with E-state index in [2.05, 4.69) is 12.1 Å². The molecule has 4 aromatic rings. The summed E-state index contributed by atoms with van der Waals surface area (Å²) in [6, 6.07) is 35.9. The van der Waals surface area contributed by atoms with Crippen molar-refractivity contribution in [2.75, 3.05) is 34.5 Å². The molecule has 1 aliphatic heterocycles. The molecule has 7 nitrogen and oxygen atoms in total. The van der Waals surface area contributed by atoms with Crippen molar-refractivity contribution < 1.29 is 33.5 Å². The number of rotatable bonds is 13. The van der Waals surface area contributed by atoms with Crippen LogP contribution in [0.1, 0.15) is 22.3 Å². The van der Waals surface area contributed by atoms with E-state index in [1.54, 1.807) is 21.3 Å². The lowest BCUT2D eigenvalue weighted by Gasteiger charge is -2.38. The van der Waals surface area contributed by atoms with Gasteiger partial charge in [-0.1, -0.05) is 84.9 Å². The first kappa shape index (κ1) is 29.8. The summed E-state index contributed by atoms with van der Waals surface area (Å²) in [6.07, 6.45) is -1.64. The lowest BCUT2D eigenvalue weighted by atomic mass is 9.79. The fourth-order valence-corrected chi connectivity index (χ4v) is 5.63. The Morgan fingerprint density at radius 2 is 1.21 bits per heavy atom. The van der Waals surface area contributed by atoms with Crippen molar-refractivity contribution in [3.63, 3.8) is 0 Å². The number of hydrogen-bond donors (Lipinski definition) is 1. The third-order valence-corrected chi connectivity index (χ3v) is 7.81. The van der Waals surface area contributed by atoms with Gasteiger partial charge in [0.15, 0.2) is 6.29 Å². The highest BCUT2D eigenvalue weighted by Crippen LogP contribution is 2.43. The maximum atomic E-state index is 10.2. The fourth-order valence-electron chi connectivity index (χ4n) is 5.63. The molecule has 42 heavy (non-hydrogen) atoms. The Hall–Kier alpha value is -3.72. The van der Waals surface area contributed by atoms with Crippen LogP contribution in [0.2, 0.25) is 0 Å². The average Bonchev–Trinajstić information content (AvgIpc) is 3.42. The first-order valence-electron chi connectivity index (χ1n) is 14.1. The van der Waals surface area contributed by atoms with Crippen LogP contribution in [-0.2, 0) is 31.2 Å². The van der Waals surface area contributed by atoms with E-state index < -0.39 is 24.1 Å². The van der Waals surface area contributed by atoms with Gasteiger partial charge >= 0.3 is 0 Å². The Balaban J connectivity index is 1.55. The van der Waals surface area contributed by atoms with Gasteiger partial charge in [0.2, 0.25) is 0 Å². The van der Waals surface area contributed by atoms with Gasteiger partial charge in [0.25, 0.3) is 0 Å². The number of methoxy groups -OCH3 is 3. The molecule has 1 aliphatic rings. The molecule has 0 aliphatic carbocycles. The maximum absolute atomic E-state index is 10.2. The van der Waals surface area contributed by atoms with Gasteiger partial charge in [0.1, 0.15) is 23.2 Å². The Bertz CT molecular complexity index is 1310. The Morgan fingerprint density at radius 3 is 1.71 bits per heavy atom. The van der Waals surface area contributed by atoms with E-state index in [-0.39, 0.29) is 19.1 Å². The molecule has 0 aromatic heterocycles. The number of aliphatic hydroxyl groups excluding tert-OH is 1. The molecular weight excluding hydrogens is 532 g/mol. The molecule has 1 N–H and O–H groups in total. The summed E-state index contributed by atoms with van der Waals surface area (Å²) in [5, 5.41) is 10.2. The lowest BCUT2D eigenvalue weighted by Crippen LogP contribution is -2.40. The van der Waals surface area contributed by atoms with E-state index in [9.17, 15) is 5.11 Å². The van der Waals surface area contributed by atoms with Gasteiger partial charge in [-0.3, -0.25) is 0 Å². The zero-order chi connectivity index (χ0) is 29.4. The van der Waals surface area contributed by atoms with E-state index in [1.807, 2.05) is 97.1 Å². The van der Waals surface area contributed by atoms with E-state index in [0.717, 1.165) is 33.8 Å². The molecule has 1 heterocycles. The molecule has 1 saturated heterocycles. The van der Waals surface area contributed by atoms with Gasteiger partial charge < -0.3 is 33.5 Å². The number of hydrogen-bond acceptors (Lipinski definition) is 7. The van der Waals surface area contributed by atoms with Crippen LogP contribution in [0.5, 0.6) is 11.5 Å². The van der Waals surface area contributed by atoms with Crippen molar-refractivity contribution >= 4 is 0 Å². The van der Waals surface area contributed by atoms with Crippen molar-refractivity contribution in [2.45, 2.75) is 30.7 Å². The second-order valence-corrected chi connectivity index (χ2v) is 10.2. The highest BCUT2D eigenvalue weighted by atomic mass is 16.7. The SMILES string of the molecule is COc1ccc(C(OC[C@H]2C(OC)O[C@H](CO)[C@H]2OCc2ccccc2)(c2ccccc2)c2ccc(OC)cc2)cc1. The second-order valence-electron chi connectivity index (χ2n) is 10.2. The molecule has 0 spiro atoms. The summed E-state index contributed by atoms with van der Waals surface area (Å²) in [5.74, 6) is 1.17. The minimum atomic E-state index is -1.00. The van der Waals surface area contributed by atoms with Crippen LogP contribution < -0.4 is 9.47 Å². The Labute approximate surface area is 247 Å². The first-order chi connectivity index (χ1) is 20.6. The van der Waals surface area contributed by atoms with Crippen LogP contribution in [0.25, 0.3) is 0 Å². The van der Waals surface area contributed by atoms with Crippen molar-refractivity contribution in [3.05, 3.63) is 131 Å². The summed E-state index contributed by atoms with van der Waals surface area (Å²) in [6.45, 7) is 0.400. The number of aliphatic hydroxyl groups is 1. The standard InChI is InChI=1S/C35H38O7/c1-37-29-18-14-27(15-19-29)35(26-12-8-5-9-13-26,28-16-20-30(38-2)21-17-28)41-24-31-33(32(22-36)42-34(31)39-3)40-23-25-10-6-4-7-11-25/h4-21,31-34,36H,22-24H2,1-3H3/t31-,32-,33+,34?/m1/s1. The van der Waals surface area contributed by atoms with E-state index in [1.165, 1.54) is 0 Å². The van der Waals surface area contributed by atoms with Gasteiger partial charge in [-0.05, 0) is 46.5 Å². The third kappa shape index (κ3) is 6.21. The largest absolute Gasteiger partial charge is 0.497 e. The van der Waals surface area contributed by atoms with Crippen molar-refractivity contribution in [2.24, 2.45) is 5.92 Å². The van der Waals surface area contributed by atoms with Gasteiger partial charge in [-0.2, -0.15) is 0 Å². The Morgan fingerprint density at radius 1 is 0.690 bits per heavy atom. The van der Waals surface area contributed by atoms with Gasteiger partial charge in [-0.25, -0.2) is 0 Å². The highest BCUT2D eigenvalue weighted by molar-refractivity contribution is 5.49. The number of benzene rings is 4. The van der Waals surface area contributed by atoms with Crippen LogP contribution in [0, 0.1) is 5.92 Å². The van der Waals surface area contributed by atoms with E-state index >= 15 is 0 Å². The molecule has 0 bridgehead atoms. The zero-order valence-corrected chi connectivity index (χ0v) is 24.2. The van der Waals surface area contributed by atoms with Gasteiger partial charge in [-0.15, -0.1) is 0 Å². The molecule has 1 fully saturated rings. The van der Waals surface area contributed by atoms with Crippen LogP contribution in [-0.4, -0.2) is 58.1 Å². The molecule has 5 rings (SSSR count). The van der Waals surface area contributed by atoms with Gasteiger partial charge in [0.05, 0.1) is 46.1 Å². The monoisotopic (exact) mass is 570 g/mol. The molecule has 7 heteroatoms. The predicted molar refractivity (Wildman–Crippen MR) is 160 cm³/mol. The molecule has 4 atom stereocenters. The van der Waals surface area contributed by atoms with Crippen molar-refractivity contribution in [3.8, 4) is 11.5 Å². The minimum absolute atomic E-state index is 0.198. The summed E-state index contributed by atoms with van der Waals surface area (Å²) in [5.41, 5.74) is 2.83. The van der Waals surface area contributed by atoms with Crippen LogP contribution in [0.15, 0.2) is 109 Å². The summed E-state index contributed by atoms with van der Waals surface area (Å²) in [7, 11) is 4.90. The predicted octanol–water partition coefficient (Wildman–Crippen LogP) is 5.58. The van der Waals surface area contributed by atoms with Crippen LogP contribution in [0.4, 0.5) is 0 Å². The smallest absolute Gasteiger partial charge is 0.165 e. The third-order valence-electron chi connectivity index (χ3n) is 7.81. The van der Waals surface area contributed by atoms with E-state index in [4.69, 9.17) is 28.4 Å². The molecular formula is C35H38O7. The highest BCUT2D eigenvalue weighted by Gasteiger charge is 2.48. The van der Waals surface area contributed by atoms with Crippen molar-refractivity contribution in [1.82, 2.24) is 0 Å². The molecule has 0 radical (unpaired) electrons. The molecule has 1 unspecified atom stereocenters. The first-order valence-corrected chi connectivity index (χ1v) is 14.1. The maximum Gasteiger partial charge on any atom is 0.165 e. The summed E-state index contributed by atoms with van der Waals surface area (Å²) >= 11 is 0. The van der Waals surface area contributed by atoms with Gasteiger partial charge in [0, 0.05) is 7.11 Å². The molecule has 0 amide bonds. The average molecular weight is 571 g/mol. The fraction of sp³-hybridized carbons (Fsp3) is 0.314. The molecule has 220 valence electrons. The normalized spacial score (nSPS) is 20.4. The van der Waals surface area contributed by atoms with Crippen LogP contribution >= 0.6 is 0 Å².